The summed E-state index contributed by atoms with van der Waals surface area (Å²) in [6.45, 7) is 3.42. The van der Waals surface area contributed by atoms with Gasteiger partial charge in [0.2, 0.25) is 0 Å². The lowest BCUT2D eigenvalue weighted by molar-refractivity contribution is 0.220. The van der Waals surface area contributed by atoms with Gasteiger partial charge in [-0.05, 0) is 30.5 Å². The van der Waals surface area contributed by atoms with E-state index in [4.69, 9.17) is 0 Å². The number of nitrogens with zero attached hydrogens (tertiary/aromatic N) is 1. The van der Waals surface area contributed by atoms with Gasteiger partial charge >= 0.3 is 6.03 Å². The molecule has 0 spiro atoms. The van der Waals surface area contributed by atoms with Crippen molar-refractivity contribution < 1.29 is 4.79 Å². The third-order valence-electron chi connectivity index (χ3n) is 3.67. The van der Waals surface area contributed by atoms with Crippen LogP contribution in [0.4, 0.5) is 4.79 Å². The molecule has 1 aromatic carbocycles. The summed E-state index contributed by atoms with van der Waals surface area (Å²) in [6, 6.07) is 9.58. The molecule has 108 valence electrons. The predicted octanol–water partition coefficient (Wildman–Crippen LogP) is 2.06. The van der Waals surface area contributed by atoms with E-state index in [1.165, 1.54) is 23.3 Å². The molecule has 1 aliphatic heterocycles. The van der Waals surface area contributed by atoms with Crippen LogP contribution in [0.5, 0.6) is 0 Å². The number of thioether (sulfide) groups is 1. The zero-order valence-electron chi connectivity index (χ0n) is 11.6. The molecule has 0 aromatic heterocycles. The molecule has 0 radical (unpaired) electrons. The van der Waals surface area contributed by atoms with Crippen LogP contribution in [0.2, 0.25) is 0 Å². The highest BCUT2D eigenvalue weighted by atomic mass is 32.2. The Morgan fingerprint density at radius 1 is 1.30 bits per heavy atom. The molecule has 0 bridgehead atoms. The summed E-state index contributed by atoms with van der Waals surface area (Å²) < 4.78 is 0. The molecule has 1 aliphatic carbocycles. The number of rotatable bonds is 7. The molecule has 20 heavy (non-hydrogen) atoms. The van der Waals surface area contributed by atoms with Crippen LogP contribution in [-0.4, -0.2) is 42.4 Å². The maximum Gasteiger partial charge on any atom is 0.317 e. The quantitative estimate of drug-likeness (QED) is 0.756. The van der Waals surface area contributed by atoms with E-state index >= 15 is 0 Å². The van der Waals surface area contributed by atoms with Crippen LogP contribution in [0.3, 0.4) is 0 Å². The monoisotopic (exact) mass is 291 g/mol. The molecular formula is C15H21N3OS. The van der Waals surface area contributed by atoms with Crippen LogP contribution in [0.25, 0.3) is 0 Å². The normalized spacial score (nSPS) is 18.4. The lowest BCUT2D eigenvalue weighted by Crippen LogP contribution is -2.30. The third kappa shape index (κ3) is 3.90. The molecule has 3 rings (SSSR count). The molecule has 2 amide bonds. The molecule has 5 heteroatoms. The van der Waals surface area contributed by atoms with E-state index in [1.807, 2.05) is 16.7 Å². The van der Waals surface area contributed by atoms with Gasteiger partial charge in [0.15, 0.2) is 0 Å². The van der Waals surface area contributed by atoms with Gasteiger partial charge in [0.25, 0.3) is 0 Å². The summed E-state index contributed by atoms with van der Waals surface area (Å²) in [5.41, 5.74) is 1.35. The van der Waals surface area contributed by atoms with Gasteiger partial charge in [-0.15, -0.1) is 11.8 Å². The van der Waals surface area contributed by atoms with Crippen molar-refractivity contribution in [2.24, 2.45) is 0 Å². The molecule has 1 saturated carbocycles. The first-order valence-corrected chi connectivity index (χ1v) is 8.28. The summed E-state index contributed by atoms with van der Waals surface area (Å²) in [5.74, 6) is 0.951. The number of amides is 2. The van der Waals surface area contributed by atoms with Crippen LogP contribution in [0, 0.1) is 0 Å². The van der Waals surface area contributed by atoms with Crippen LogP contribution < -0.4 is 10.6 Å². The van der Waals surface area contributed by atoms with Gasteiger partial charge < -0.3 is 15.5 Å². The average molecular weight is 291 g/mol. The number of carbonyl (C=O) groups is 1. The fourth-order valence-corrected chi connectivity index (χ4v) is 3.13. The molecule has 1 saturated heterocycles. The van der Waals surface area contributed by atoms with Crippen molar-refractivity contribution >= 4 is 17.8 Å². The molecule has 1 aromatic rings. The second kappa shape index (κ2) is 6.50. The van der Waals surface area contributed by atoms with Gasteiger partial charge in [0, 0.05) is 42.9 Å². The highest BCUT2D eigenvalue weighted by Crippen LogP contribution is 2.21. The number of carbonyl (C=O) groups excluding carboxylic acids is 1. The number of benzene rings is 1. The first-order chi connectivity index (χ1) is 9.81. The van der Waals surface area contributed by atoms with Gasteiger partial charge in [-0.2, -0.15) is 0 Å². The van der Waals surface area contributed by atoms with E-state index in [0.29, 0.717) is 0 Å². The predicted molar refractivity (Wildman–Crippen MR) is 82.0 cm³/mol. The molecule has 2 N–H and O–H groups in total. The number of urea groups is 1. The molecule has 4 nitrogen and oxygen atoms in total. The minimum Gasteiger partial charge on any atom is -0.336 e. The number of nitrogens with one attached hydrogen (secondary N) is 2. The van der Waals surface area contributed by atoms with Crippen LogP contribution in [-0.2, 0) is 6.54 Å². The van der Waals surface area contributed by atoms with E-state index in [-0.39, 0.29) is 6.03 Å². The number of hydrogen-bond acceptors (Lipinski definition) is 3. The molecule has 2 fully saturated rings. The van der Waals surface area contributed by atoms with E-state index in [9.17, 15) is 4.79 Å². The Kier molecular flexibility index (Phi) is 4.47. The zero-order valence-corrected chi connectivity index (χ0v) is 12.4. The standard InChI is InChI=1S/C15H21N3OS/c19-15-16-7-8-18(15)9-10-20-14-5-1-12(2-6-14)11-17-13-3-4-13/h1-2,5-6,13,17H,3-4,7-11H2,(H,16,19). The maximum atomic E-state index is 11.4. The van der Waals surface area contributed by atoms with Crippen molar-refractivity contribution in [3.8, 4) is 0 Å². The van der Waals surface area contributed by atoms with Gasteiger partial charge in [-0.1, -0.05) is 12.1 Å². The highest BCUT2D eigenvalue weighted by Gasteiger charge is 2.20. The van der Waals surface area contributed by atoms with Gasteiger partial charge in [-0.3, -0.25) is 0 Å². The number of hydrogen-bond donors (Lipinski definition) is 2. The van der Waals surface area contributed by atoms with E-state index in [1.54, 1.807) is 0 Å². The van der Waals surface area contributed by atoms with Crippen LogP contribution in [0.1, 0.15) is 18.4 Å². The van der Waals surface area contributed by atoms with Crippen LogP contribution in [0.15, 0.2) is 29.2 Å². The smallest absolute Gasteiger partial charge is 0.317 e. The largest absolute Gasteiger partial charge is 0.336 e. The average Bonchev–Trinajstić information content (AvgIpc) is 3.21. The van der Waals surface area contributed by atoms with Crippen molar-refractivity contribution in [2.45, 2.75) is 30.3 Å². The molecule has 0 atom stereocenters. The highest BCUT2D eigenvalue weighted by molar-refractivity contribution is 7.99. The summed E-state index contributed by atoms with van der Waals surface area (Å²) in [5, 5.41) is 6.34. The SMILES string of the molecule is O=C1NCCN1CCSc1ccc(CNC2CC2)cc1. The Morgan fingerprint density at radius 2 is 2.10 bits per heavy atom. The molecule has 2 aliphatic rings. The Labute approximate surface area is 124 Å². The summed E-state index contributed by atoms with van der Waals surface area (Å²) in [7, 11) is 0. The van der Waals surface area contributed by atoms with Crippen molar-refractivity contribution in [3.63, 3.8) is 0 Å². The first kappa shape index (κ1) is 13.8. The molecular weight excluding hydrogens is 270 g/mol. The van der Waals surface area contributed by atoms with Crippen molar-refractivity contribution in [1.29, 1.82) is 0 Å². The second-order valence-corrected chi connectivity index (χ2v) is 6.53. The Morgan fingerprint density at radius 3 is 2.75 bits per heavy atom. The van der Waals surface area contributed by atoms with Gasteiger partial charge in [0.05, 0.1) is 0 Å². The molecule has 0 unspecified atom stereocenters. The van der Waals surface area contributed by atoms with Crippen LogP contribution >= 0.6 is 11.8 Å². The van der Waals surface area contributed by atoms with Crippen molar-refractivity contribution in [3.05, 3.63) is 29.8 Å². The Hall–Kier alpha value is -1.20. The van der Waals surface area contributed by atoms with Crippen molar-refractivity contribution in [2.75, 3.05) is 25.4 Å². The second-order valence-electron chi connectivity index (χ2n) is 5.37. The summed E-state index contributed by atoms with van der Waals surface area (Å²) in [4.78, 5) is 14.5. The maximum absolute atomic E-state index is 11.4. The van der Waals surface area contributed by atoms with Gasteiger partial charge in [-0.25, -0.2) is 4.79 Å². The minimum atomic E-state index is 0.0760. The van der Waals surface area contributed by atoms with Crippen molar-refractivity contribution in [1.82, 2.24) is 15.5 Å². The lowest BCUT2D eigenvalue weighted by Gasteiger charge is -2.13. The Bertz CT molecular complexity index is 459. The Balaban J connectivity index is 1.39. The van der Waals surface area contributed by atoms with E-state index in [2.05, 4.69) is 34.9 Å². The zero-order chi connectivity index (χ0) is 13.8. The van der Waals surface area contributed by atoms with E-state index in [0.717, 1.165) is 38.0 Å². The third-order valence-corrected chi connectivity index (χ3v) is 4.66. The van der Waals surface area contributed by atoms with Gasteiger partial charge in [0.1, 0.15) is 0 Å². The minimum absolute atomic E-state index is 0.0760. The first-order valence-electron chi connectivity index (χ1n) is 7.29. The summed E-state index contributed by atoms with van der Waals surface area (Å²) in [6.07, 6.45) is 2.66. The topological polar surface area (TPSA) is 44.4 Å². The fourth-order valence-electron chi connectivity index (χ4n) is 2.25. The molecule has 1 heterocycles. The fraction of sp³-hybridized carbons (Fsp3) is 0.533. The lowest BCUT2D eigenvalue weighted by atomic mass is 10.2. The van der Waals surface area contributed by atoms with E-state index < -0.39 is 0 Å². The summed E-state index contributed by atoms with van der Waals surface area (Å²) >= 11 is 1.81.